The molecule has 2 aromatic carbocycles. The molecule has 0 amide bonds. The molecule has 0 bridgehead atoms. The van der Waals surface area contributed by atoms with E-state index in [0.717, 1.165) is 37.7 Å². The summed E-state index contributed by atoms with van der Waals surface area (Å²) in [7, 11) is 0. The zero-order chi connectivity index (χ0) is 15.4. The van der Waals surface area contributed by atoms with E-state index in [1.165, 1.54) is 16.7 Å². The highest BCUT2D eigenvalue weighted by Gasteiger charge is 2.22. The molecule has 1 aliphatic heterocycles. The van der Waals surface area contributed by atoms with Crippen LogP contribution in [0.4, 0.5) is 0 Å². The smallest absolute Gasteiger partial charge is 0.109 e. The molecule has 114 valence electrons. The molecule has 1 heterocycles. The Morgan fingerprint density at radius 2 is 1.77 bits per heavy atom. The van der Waals surface area contributed by atoms with Gasteiger partial charge in [0.05, 0.1) is 26.2 Å². The van der Waals surface area contributed by atoms with Gasteiger partial charge < -0.3 is 9.80 Å². The Bertz CT molecular complexity index is 631. The molecule has 2 aromatic rings. The number of nitrogens with one attached hydrogen (secondary N) is 1. The molecule has 0 atom stereocenters. The lowest BCUT2D eigenvalue weighted by molar-refractivity contribution is -0.917. The molecule has 0 radical (unpaired) electrons. The molecule has 0 spiro atoms. The van der Waals surface area contributed by atoms with Crippen LogP contribution in [0.3, 0.4) is 0 Å². The zero-order valence-electron chi connectivity index (χ0n) is 13.1. The molecule has 2 nitrogen and oxygen atoms in total. The third-order valence-electron chi connectivity index (χ3n) is 4.32. The highest BCUT2D eigenvalue weighted by molar-refractivity contribution is 7.80. The number of hydrogen-bond donors (Lipinski definition) is 1. The van der Waals surface area contributed by atoms with Gasteiger partial charge in [-0.1, -0.05) is 66.3 Å². The van der Waals surface area contributed by atoms with Crippen LogP contribution < -0.4 is 4.90 Å². The molecule has 1 fully saturated rings. The van der Waals surface area contributed by atoms with E-state index in [-0.39, 0.29) is 0 Å². The van der Waals surface area contributed by atoms with Gasteiger partial charge in [0.25, 0.3) is 0 Å². The molecule has 0 aromatic heterocycles. The SMILES string of the molecule is Cc1cccc(C(=S)N2CC[NH+](Cc3ccccc3)CC2)c1. The summed E-state index contributed by atoms with van der Waals surface area (Å²) in [5.41, 5.74) is 3.88. The van der Waals surface area contributed by atoms with Crippen molar-refractivity contribution in [2.24, 2.45) is 0 Å². The molecular weight excluding hydrogens is 288 g/mol. The molecule has 1 saturated heterocycles. The quantitative estimate of drug-likeness (QED) is 0.868. The average Bonchev–Trinajstić information content (AvgIpc) is 2.56. The van der Waals surface area contributed by atoms with Crippen molar-refractivity contribution in [2.75, 3.05) is 26.2 Å². The number of benzene rings is 2. The normalized spacial score (nSPS) is 15.8. The molecule has 1 aliphatic rings. The van der Waals surface area contributed by atoms with Crippen molar-refractivity contribution in [1.29, 1.82) is 0 Å². The first-order valence-corrected chi connectivity index (χ1v) is 8.36. The Kier molecular flexibility index (Phi) is 4.86. The fraction of sp³-hybridized carbons (Fsp3) is 0.316. The predicted molar refractivity (Wildman–Crippen MR) is 95.3 cm³/mol. The summed E-state index contributed by atoms with van der Waals surface area (Å²) in [6.45, 7) is 7.64. The minimum atomic E-state index is 1.00. The lowest BCUT2D eigenvalue weighted by Gasteiger charge is -2.34. The van der Waals surface area contributed by atoms with Crippen LogP contribution >= 0.6 is 12.2 Å². The van der Waals surface area contributed by atoms with Gasteiger partial charge in [-0.25, -0.2) is 0 Å². The third kappa shape index (κ3) is 3.73. The summed E-state index contributed by atoms with van der Waals surface area (Å²) >= 11 is 5.69. The van der Waals surface area contributed by atoms with Crippen LogP contribution in [0.15, 0.2) is 54.6 Å². The second-order valence-electron chi connectivity index (χ2n) is 6.07. The van der Waals surface area contributed by atoms with Crippen LogP contribution in [0.1, 0.15) is 16.7 Å². The Morgan fingerprint density at radius 3 is 2.45 bits per heavy atom. The number of nitrogens with zero attached hydrogens (tertiary/aromatic N) is 1. The number of thiocarbonyl (C=S) groups is 1. The summed E-state index contributed by atoms with van der Waals surface area (Å²) in [6.07, 6.45) is 0. The molecule has 0 aliphatic carbocycles. The van der Waals surface area contributed by atoms with E-state index in [0.29, 0.717) is 0 Å². The van der Waals surface area contributed by atoms with Gasteiger partial charge in [-0.05, 0) is 13.0 Å². The van der Waals surface area contributed by atoms with E-state index >= 15 is 0 Å². The number of aryl methyl sites for hydroxylation is 1. The molecule has 3 rings (SSSR count). The zero-order valence-corrected chi connectivity index (χ0v) is 13.9. The maximum Gasteiger partial charge on any atom is 0.109 e. The lowest BCUT2D eigenvalue weighted by atomic mass is 10.1. The maximum absolute atomic E-state index is 5.69. The van der Waals surface area contributed by atoms with E-state index in [2.05, 4.69) is 66.4 Å². The van der Waals surface area contributed by atoms with Crippen molar-refractivity contribution in [3.05, 3.63) is 71.3 Å². The van der Waals surface area contributed by atoms with Gasteiger partial charge in [0.1, 0.15) is 11.5 Å². The largest absolute Gasteiger partial charge is 0.351 e. The summed E-state index contributed by atoms with van der Waals surface area (Å²) in [6, 6.07) is 19.3. The molecule has 22 heavy (non-hydrogen) atoms. The van der Waals surface area contributed by atoms with Gasteiger partial charge in [-0.3, -0.25) is 0 Å². The Hall–Kier alpha value is -1.71. The lowest BCUT2D eigenvalue weighted by Crippen LogP contribution is -3.13. The monoisotopic (exact) mass is 311 g/mol. The maximum atomic E-state index is 5.69. The van der Waals surface area contributed by atoms with E-state index in [9.17, 15) is 0 Å². The average molecular weight is 311 g/mol. The summed E-state index contributed by atoms with van der Waals surface area (Å²) in [5.74, 6) is 0. The van der Waals surface area contributed by atoms with Crippen LogP contribution in [0.25, 0.3) is 0 Å². The van der Waals surface area contributed by atoms with E-state index < -0.39 is 0 Å². The van der Waals surface area contributed by atoms with Crippen molar-refractivity contribution in [2.45, 2.75) is 13.5 Å². The van der Waals surface area contributed by atoms with Gasteiger partial charge in [0, 0.05) is 11.1 Å². The first-order valence-electron chi connectivity index (χ1n) is 7.96. The number of quaternary nitrogens is 1. The molecule has 0 saturated carbocycles. The number of rotatable bonds is 3. The van der Waals surface area contributed by atoms with Crippen LogP contribution in [0.2, 0.25) is 0 Å². The fourth-order valence-corrected chi connectivity index (χ4v) is 3.36. The van der Waals surface area contributed by atoms with Crippen LogP contribution in [0, 0.1) is 6.92 Å². The highest BCUT2D eigenvalue weighted by atomic mass is 32.1. The number of piperazine rings is 1. The second kappa shape index (κ2) is 7.03. The van der Waals surface area contributed by atoms with Crippen molar-refractivity contribution in [1.82, 2.24) is 4.90 Å². The van der Waals surface area contributed by atoms with Gasteiger partial charge in [-0.2, -0.15) is 0 Å². The molecular formula is C19H23N2S+. The van der Waals surface area contributed by atoms with Crippen LogP contribution in [0.5, 0.6) is 0 Å². The van der Waals surface area contributed by atoms with E-state index in [4.69, 9.17) is 12.2 Å². The molecule has 0 unspecified atom stereocenters. The van der Waals surface area contributed by atoms with Gasteiger partial charge >= 0.3 is 0 Å². The molecule has 1 N–H and O–H groups in total. The van der Waals surface area contributed by atoms with Gasteiger partial charge in [0.2, 0.25) is 0 Å². The minimum Gasteiger partial charge on any atom is -0.351 e. The topological polar surface area (TPSA) is 7.68 Å². The van der Waals surface area contributed by atoms with Crippen molar-refractivity contribution >= 4 is 17.2 Å². The van der Waals surface area contributed by atoms with Gasteiger partial charge in [0.15, 0.2) is 0 Å². The van der Waals surface area contributed by atoms with Crippen molar-refractivity contribution < 1.29 is 4.90 Å². The van der Waals surface area contributed by atoms with Crippen molar-refractivity contribution in [3.8, 4) is 0 Å². The highest BCUT2D eigenvalue weighted by Crippen LogP contribution is 2.09. The molecule has 3 heteroatoms. The number of hydrogen-bond acceptors (Lipinski definition) is 1. The minimum absolute atomic E-state index is 1.00. The predicted octanol–water partition coefficient (Wildman–Crippen LogP) is 2.07. The van der Waals surface area contributed by atoms with E-state index in [1.54, 1.807) is 4.90 Å². The van der Waals surface area contributed by atoms with E-state index in [1.807, 2.05) is 0 Å². The standard InChI is InChI=1S/C19H22N2S/c1-16-6-5-9-18(14-16)19(22)21-12-10-20(11-13-21)15-17-7-3-2-4-8-17/h2-9,14H,10-13,15H2,1H3/p+1. The first-order chi connectivity index (χ1) is 10.7. The fourth-order valence-electron chi connectivity index (χ4n) is 3.05. The van der Waals surface area contributed by atoms with Crippen LogP contribution in [-0.4, -0.2) is 36.1 Å². The van der Waals surface area contributed by atoms with Crippen LogP contribution in [-0.2, 0) is 6.54 Å². The Morgan fingerprint density at radius 1 is 1.05 bits per heavy atom. The first kappa shape index (κ1) is 15.2. The summed E-state index contributed by atoms with van der Waals surface area (Å²) in [4.78, 5) is 5.01. The second-order valence-corrected chi connectivity index (χ2v) is 6.46. The third-order valence-corrected chi connectivity index (χ3v) is 4.81. The summed E-state index contributed by atoms with van der Waals surface area (Å²) < 4.78 is 0. The Balaban J connectivity index is 1.56. The summed E-state index contributed by atoms with van der Waals surface area (Å²) in [5, 5.41) is 0. The van der Waals surface area contributed by atoms with Crippen molar-refractivity contribution in [3.63, 3.8) is 0 Å². The Labute approximate surface area is 138 Å². The van der Waals surface area contributed by atoms with Gasteiger partial charge in [-0.15, -0.1) is 0 Å².